The van der Waals surface area contributed by atoms with Gasteiger partial charge in [0.2, 0.25) is 0 Å². The summed E-state index contributed by atoms with van der Waals surface area (Å²) in [5, 5.41) is 6.76. The predicted molar refractivity (Wildman–Crippen MR) is 102 cm³/mol. The highest BCUT2D eigenvalue weighted by molar-refractivity contribution is 6.42. The molecule has 0 bridgehead atoms. The number of aromatic nitrogens is 2. The van der Waals surface area contributed by atoms with Crippen LogP contribution >= 0.6 is 23.2 Å². The van der Waals surface area contributed by atoms with E-state index in [2.05, 4.69) is 25.5 Å². The number of carbonyl (C=O) groups is 1. The maximum Gasteiger partial charge on any atom is 0.274 e. The van der Waals surface area contributed by atoms with Crippen molar-refractivity contribution in [1.29, 1.82) is 0 Å². The summed E-state index contributed by atoms with van der Waals surface area (Å²) in [6.45, 7) is 5.02. The summed E-state index contributed by atoms with van der Waals surface area (Å²) in [6.07, 6.45) is 1.36. The molecule has 3 rings (SSSR count). The number of carbonyl (C=O) groups excluding carboxylic acids is 1. The minimum absolute atomic E-state index is 0.264. The van der Waals surface area contributed by atoms with Crippen molar-refractivity contribution in [3.63, 3.8) is 0 Å². The van der Waals surface area contributed by atoms with Gasteiger partial charge in [0.25, 0.3) is 5.91 Å². The normalized spacial score (nSPS) is 14.8. The number of hydrogen-bond acceptors (Lipinski definition) is 6. The molecule has 0 unspecified atom stereocenters. The van der Waals surface area contributed by atoms with E-state index in [-0.39, 0.29) is 11.6 Å². The van der Waals surface area contributed by atoms with Crippen molar-refractivity contribution in [2.45, 2.75) is 0 Å². The molecule has 1 aliphatic heterocycles. The minimum Gasteiger partial charge on any atom is -0.379 e. The molecule has 26 heavy (non-hydrogen) atoms. The van der Waals surface area contributed by atoms with Gasteiger partial charge >= 0.3 is 0 Å². The van der Waals surface area contributed by atoms with E-state index in [1.54, 1.807) is 24.3 Å². The van der Waals surface area contributed by atoms with Gasteiger partial charge in [0.15, 0.2) is 0 Å². The number of halogens is 2. The van der Waals surface area contributed by atoms with Crippen molar-refractivity contribution in [3.05, 3.63) is 46.3 Å². The fourth-order valence-corrected chi connectivity index (χ4v) is 2.81. The van der Waals surface area contributed by atoms with Gasteiger partial charge in [0, 0.05) is 37.9 Å². The Kier molecular flexibility index (Phi) is 6.62. The molecule has 1 aliphatic rings. The van der Waals surface area contributed by atoms with E-state index < -0.39 is 0 Å². The molecule has 1 aromatic carbocycles. The molecule has 0 aliphatic carbocycles. The van der Waals surface area contributed by atoms with Crippen LogP contribution in [0.3, 0.4) is 0 Å². The SMILES string of the molecule is O=C(Nc1ccc(Cl)c(Cl)c1)c1cc(NCCN2CCOCC2)ncn1. The van der Waals surface area contributed by atoms with Crippen LogP contribution in [0.2, 0.25) is 10.0 Å². The van der Waals surface area contributed by atoms with Crippen LogP contribution in [0.5, 0.6) is 0 Å². The largest absolute Gasteiger partial charge is 0.379 e. The zero-order valence-corrected chi connectivity index (χ0v) is 15.6. The second-order valence-corrected chi connectivity index (χ2v) is 6.57. The Labute approximate surface area is 161 Å². The fourth-order valence-electron chi connectivity index (χ4n) is 2.51. The Hall–Kier alpha value is -1.93. The van der Waals surface area contributed by atoms with E-state index in [0.717, 1.165) is 39.4 Å². The van der Waals surface area contributed by atoms with Crippen LogP contribution in [-0.4, -0.2) is 60.2 Å². The molecule has 2 aromatic rings. The predicted octanol–water partition coefficient (Wildman–Crippen LogP) is 2.78. The number of benzene rings is 1. The zero-order chi connectivity index (χ0) is 18.4. The molecular formula is C17H19Cl2N5O2. The summed E-state index contributed by atoms with van der Waals surface area (Å²) in [4.78, 5) is 22.8. The zero-order valence-electron chi connectivity index (χ0n) is 14.0. The van der Waals surface area contributed by atoms with Crippen LogP contribution < -0.4 is 10.6 Å². The first-order valence-corrected chi connectivity index (χ1v) is 9.00. The van der Waals surface area contributed by atoms with Gasteiger partial charge in [0.05, 0.1) is 23.3 Å². The quantitative estimate of drug-likeness (QED) is 0.782. The molecule has 1 aromatic heterocycles. The molecule has 0 atom stereocenters. The summed E-state index contributed by atoms with van der Waals surface area (Å²) >= 11 is 11.8. The summed E-state index contributed by atoms with van der Waals surface area (Å²) < 4.78 is 5.33. The lowest BCUT2D eigenvalue weighted by molar-refractivity contribution is 0.0398. The third kappa shape index (κ3) is 5.28. The van der Waals surface area contributed by atoms with E-state index in [9.17, 15) is 4.79 Å². The average molecular weight is 396 g/mol. The number of nitrogens with one attached hydrogen (secondary N) is 2. The van der Waals surface area contributed by atoms with Crippen molar-refractivity contribution >= 4 is 40.6 Å². The number of amides is 1. The van der Waals surface area contributed by atoms with E-state index in [1.165, 1.54) is 6.33 Å². The molecule has 1 amide bonds. The second kappa shape index (κ2) is 9.14. The number of rotatable bonds is 6. The van der Waals surface area contributed by atoms with E-state index in [1.807, 2.05) is 0 Å². The van der Waals surface area contributed by atoms with Gasteiger partial charge in [0.1, 0.15) is 17.8 Å². The molecular weight excluding hydrogens is 377 g/mol. The molecule has 1 saturated heterocycles. The lowest BCUT2D eigenvalue weighted by Crippen LogP contribution is -2.39. The summed E-state index contributed by atoms with van der Waals surface area (Å²) in [6, 6.07) is 6.50. The van der Waals surface area contributed by atoms with Gasteiger partial charge in [-0.2, -0.15) is 0 Å². The highest BCUT2D eigenvalue weighted by atomic mass is 35.5. The molecule has 1 fully saturated rings. The molecule has 0 saturated carbocycles. The molecule has 2 heterocycles. The van der Waals surface area contributed by atoms with Crippen molar-refractivity contribution in [2.24, 2.45) is 0 Å². The number of hydrogen-bond donors (Lipinski definition) is 2. The fraction of sp³-hybridized carbons (Fsp3) is 0.353. The topological polar surface area (TPSA) is 79.4 Å². The molecule has 0 radical (unpaired) electrons. The minimum atomic E-state index is -0.345. The van der Waals surface area contributed by atoms with Gasteiger partial charge < -0.3 is 15.4 Å². The van der Waals surface area contributed by atoms with E-state index in [4.69, 9.17) is 27.9 Å². The second-order valence-electron chi connectivity index (χ2n) is 5.75. The number of morpholine rings is 1. The smallest absolute Gasteiger partial charge is 0.274 e. The third-order valence-corrected chi connectivity index (χ3v) is 4.65. The summed E-state index contributed by atoms with van der Waals surface area (Å²) in [5.74, 6) is 0.259. The van der Waals surface area contributed by atoms with Crippen LogP contribution in [0.25, 0.3) is 0 Å². The molecule has 0 spiro atoms. The Balaban J connectivity index is 1.55. The molecule has 7 nitrogen and oxygen atoms in total. The standard InChI is InChI=1S/C17H19Cl2N5O2/c18-13-2-1-12(9-14(13)19)23-17(25)15-10-16(22-11-21-15)20-3-4-24-5-7-26-8-6-24/h1-2,9-11H,3-8H2,(H,23,25)(H,20,21,22). The van der Waals surface area contributed by atoms with Crippen molar-refractivity contribution < 1.29 is 9.53 Å². The van der Waals surface area contributed by atoms with Gasteiger partial charge in [-0.05, 0) is 18.2 Å². The van der Waals surface area contributed by atoms with E-state index in [0.29, 0.717) is 21.6 Å². The lowest BCUT2D eigenvalue weighted by Gasteiger charge is -2.26. The highest BCUT2D eigenvalue weighted by Crippen LogP contribution is 2.25. The third-order valence-electron chi connectivity index (χ3n) is 3.92. The van der Waals surface area contributed by atoms with Crippen LogP contribution in [0.4, 0.5) is 11.5 Å². The first kappa shape index (κ1) is 18.8. The van der Waals surface area contributed by atoms with Gasteiger partial charge in [-0.25, -0.2) is 9.97 Å². The molecule has 138 valence electrons. The molecule has 9 heteroatoms. The Morgan fingerprint density at radius 2 is 1.96 bits per heavy atom. The average Bonchev–Trinajstić information content (AvgIpc) is 2.66. The van der Waals surface area contributed by atoms with Crippen LogP contribution in [0.1, 0.15) is 10.5 Å². The van der Waals surface area contributed by atoms with Gasteiger partial charge in [-0.1, -0.05) is 23.2 Å². The Morgan fingerprint density at radius 3 is 2.73 bits per heavy atom. The van der Waals surface area contributed by atoms with Gasteiger partial charge in [-0.3, -0.25) is 9.69 Å². The maximum atomic E-state index is 12.4. The van der Waals surface area contributed by atoms with Gasteiger partial charge in [-0.15, -0.1) is 0 Å². The maximum absolute atomic E-state index is 12.4. The van der Waals surface area contributed by atoms with Crippen molar-refractivity contribution in [2.75, 3.05) is 50.0 Å². The first-order valence-electron chi connectivity index (χ1n) is 8.24. The van der Waals surface area contributed by atoms with Crippen LogP contribution in [0.15, 0.2) is 30.6 Å². The van der Waals surface area contributed by atoms with Crippen molar-refractivity contribution in [1.82, 2.24) is 14.9 Å². The Morgan fingerprint density at radius 1 is 1.15 bits per heavy atom. The number of nitrogens with zero attached hydrogens (tertiary/aromatic N) is 3. The monoisotopic (exact) mass is 395 g/mol. The Bertz CT molecular complexity index is 769. The number of ether oxygens (including phenoxy) is 1. The first-order chi connectivity index (χ1) is 12.6. The van der Waals surface area contributed by atoms with E-state index >= 15 is 0 Å². The lowest BCUT2D eigenvalue weighted by atomic mass is 10.3. The highest BCUT2D eigenvalue weighted by Gasteiger charge is 2.12. The van der Waals surface area contributed by atoms with Crippen LogP contribution in [-0.2, 0) is 4.74 Å². The summed E-state index contributed by atoms with van der Waals surface area (Å²) in [7, 11) is 0. The number of anilines is 2. The summed E-state index contributed by atoms with van der Waals surface area (Å²) in [5.41, 5.74) is 0.810. The van der Waals surface area contributed by atoms with Crippen molar-refractivity contribution in [3.8, 4) is 0 Å². The van der Waals surface area contributed by atoms with Crippen LogP contribution in [0, 0.1) is 0 Å². The molecule has 2 N–H and O–H groups in total.